The molecule has 4 saturated carbocycles. The first-order chi connectivity index (χ1) is 16.7. The SMILES string of the molecule is C[C@@H](OC(=O)C12C[C@@H]3C[C@@H](CC(Cl)(C3)C1)C2)C(=O)Nc1ccc2c(c1)C(=O)c1ccccc1C2=O. The van der Waals surface area contributed by atoms with Crippen molar-refractivity contribution in [3.8, 4) is 0 Å². The summed E-state index contributed by atoms with van der Waals surface area (Å²) in [5.74, 6) is -0.399. The second-order valence-electron chi connectivity index (χ2n) is 10.9. The third-order valence-electron chi connectivity index (χ3n) is 8.27. The molecule has 0 radical (unpaired) electrons. The molecule has 7 rings (SSSR count). The summed E-state index contributed by atoms with van der Waals surface area (Å²) in [5.41, 5.74) is 1.06. The highest BCUT2D eigenvalue weighted by molar-refractivity contribution is 6.28. The van der Waals surface area contributed by atoms with Crippen LogP contribution >= 0.6 is 11.6 Å². The number of benzene rings is 2. The van der Waals surface area contributed by atoms with Gasteiger partial charge in [0.05, 0.1) is 5.41 Å². The monoisotopic (exact) mass is 491 g/mol. The third-order valence-corrected chi connectivity index (χ3v) is 8.71. The Morgan fingerprint density at radius 2 is 1.54 bits per heavy atom. The van der Waals surface area contributed by atoms with Crippen LogP contribution in [0.25, 0.3) is 0 Å². The van der Waals surface area contributed by atoms with Crippen molar-refractivity contribution in [1.29, 1.82) is 0 Å². The number of ether oxygens (including phenoxy) is 1. The van der Waals surface area contributed by atoms with Gasteiger partial charge in [-0.15, -0.1) is 11.6 Å². The van der Waals surface area contributed by atoms with Gasteiger partial charge in [0.25, 0.3) is 5.91 Å². The Balaban J connectivity index is 1.16. The van der Waals surface area contributed by atoms with Crippen LogP contribution in [0.5, 0.6) is 0 Å². The summed E-state index contributed by atoms with van der Waals surface area (Å²) in [7, 11) is 0. The molecule has 7 heteroatoms. The minimum atomic E-state index is -1.00. The highest BCUT2D eigenvalue weighted by Gasteiger charge is 2.61. The predicted molar refractivity (Wildman–Crippen MR) is 130 cm³/mol. The topological polar surface area (TPSA) is 89.5 Å². The number of rotatable bonds is 4. The highest BCUT2D eigenvalue weighted by atomic mass is 35.5. The molecule has 0 spiro atoms. The van der Waals surface area contributed by atoms with Crippen LogP contribution in [0.4, 0.5) is 5.69 Å². The molecule has 35 heavy (non-hydrogen) atoms. The first kappa shape index (κ1) is 22.5. The number of esters is 1. The Hall–Kier alpha value is -2.99. The van der Waals surface area contributed by atoms with Crippen molar-refractivity contribution in [1.82, 2.24) is 0 Å². The van der Waals surface area contributed by atoms with Crippen molar-refractivity contribution in [2.24, 2.45) is 17.3 Å². The molecule has 5 aliphatic rings. The van der Waals surface area contributed by atoms with Crippen molar-refractivity contribution in [2.45, 2.75) is 56.4 Å². The Morgan fingerprint density at radius 1 is 0.943 bits per heavy atom. The molecule has 0 saturated heterocycles. The van der Waals surface area contributed by atoms with Crippen LogP contribution in [0.3, 0.4) is 0 Å². The van der Waals surface area contributed by atoms with E-state index in [9.17, 15) is 19.2 Å². The number of nitrogens with one attached hydrogen (secondary N) is 1. The molecular weight excluding hydrogens is 466 g/mol. The van der Waals surface area contributed by atoms with Crippen LogP contribution in [0.2, 0.25) is 0 Å². The average molecular weight is 492 g/mol. The van der Waals surface area contributed by atoms with Gasteiger partial charge in [0.2, 0.25) is 0 Å². The molecule has 2 aromatic carbocycles. The summed E-state index contributed by atoms with van der Waals surface area (Å²) in [4.78, 5) is 51.6. The van der Waals surface area contributed by atoms with E-state index >= 15 is 0 Å². The van der Waals surface area contributed by atoms with E-state index in [4.69, 9.17) is 16.3 Å². The van der Waals surface area contributed by atoms with E-state index < -0.39 is 17.4 Å². The van der Waals surface area contributed by atoms with Gasteiger partial charge in [-0.25, -0.2) is 0 Å². The number of anilines is 1. The predicted octanol–water partition coefficient (Wildman–Crippen LogP) is 4.91. The number of fused-ring (bicyclic) bond motifs is 2. The first-order valence-corrected chi connectivity index (χ1v) is 12.6. The van der Waals surface area contributed by atoms with Crippen LogP contribution in [-0.2, 0) is 14.3 Å². The molecule has 2 aromatic rings. The molecule has 0 heterocycles. The lowest BCUT2D eigenvalue weighted by molar-refractivity contribution is -0.176. The molecule has 1 N–H and O–H groups in total. The van der Waals surface area contributed by atoms with E-state index in [-0.39, 0.29) is 28.0 Å². The fraction of sp³-hybridized carbons (Fsp3) is 0.429. The van der Waals surface area contributed by atoms with Crippen LogP contribution in [0.1, 0.15) is 77.3 Å². The number of halogens is 1. The minimum absolute atomic E-state index is 0.219. The van der Waals surface area contributed by atoms with Gasteiger partial charge in [-0.3, -0.25) is 19.2 Å². The number of hydrogen-bond donors (Lipinski definition) is 1. The van der Waals surface area contributed by atoms with Crippen molar-refractivity contribution in [2.75, 3.05) is 5.32 Å². The Morgan fingerprint density at radius 3 is 2.17 bits per heavy atom. The molecule has 5 aliphatic carbocycles. The standard InChI is InChI=1S/C28H26ClNO5/c1-15(35-26(34)27-10-16-8-17(11-27)13-28(29,12-16)14-27)25(33)30-18-6-7-21-22(9-18)24(32)20-5-3-2-4-19(20)23(21)31/h2-7,9,15-17H,8,10-14H2,1H3,(H,30,33)/t15-,16-,17+,27?,28?/m1/s1. The van der Waals surface area contributed by atoms with Crippen molar-refractivity contribution in [3.05, 3.63) is 64.7 Å². The molecule has 4 bridgehead atoms. The number of ketones is 2. The summed E-state index contributed by atoms with van der Waals surface area (Å²) in [6.45, 7) is 1.55. The van der Waals surface area contributed by atoms with Gasteiger partial charge in [-0.1, -0.05) is 24.3 Å². The zero-order valence-corrected chi connectivity index (χ0v) is 20.2. The molecule has 5 atom stereocenters. The largest absolute Gasteiger partial charge is 0.452 e. The normalized spacial score (nSPS) is 30.9. The summed E-state index contributed by atoms with van der Waals surface area (Å²) >= 11 is 6.84. The summed E-state index contributed by atoms with van der Waals surface area (Å²) in [5, 5.41) is 2.73. The zero-order chi connectivity index (χ0) is 24.5. The fourth-order valence-electron chi connectivity index (χ4n) is 7.15. The van der Waals surface area contributed by atoms with Gasteiger partial charge in [0, 0.05) is 32.8 Å². The van der Waals surface area contributed by atoms with Gasteiger partial charge in [0.15, 0.2) is 17.7 Å². The van der Waals surface area contributed by atoms with Gasteiger partial charge < -0.3 is 10.1 Å². The second-order valence-corrected chi connectivity index (χ2v) is 11.7. The van der Waals surface area contributed by atoms with Crippen molar-refractivity contribution in [3.63, 3.8) is 0 Å². The maximum absolute atomic E-state index is 13.3. The molecule has 2 unspecified atom stereocenters. The van der Waals surface area contributed by atoms with Crippen LogP contribution < -0.4 is 5.32 Å². The second kappa shape index (κ2) is 7.76. The minimum Gasteiger partial charge on any atom is -0.452 e. The molecule has 180 valence electrons. The first-order valence-electron chi connectivity index (χ1n) is 12.2. The van der Waals surface area contributed by atoms with E-state index in [1.165, 1.54) is 6.07 Å². The fourth-order valence-corrected chi connectivity index (χ4v) is 7.84. The number of amides is 1. The van der Waals surface area contributed by atoms with Gasteiger partial charge >= 0.3 is 5.97 Å². The third kappa shape index (κ3) is 3.61. The Labute approximate surface area is 208 Å². The number of carbonyl (C=O) groups excluding carboxylic acids is 4. The van der Waals surface area contributed by atoms with Gasteiger partial charge in [0.1, 0.15) is 0 Å². The van der Waals surface area contributed by atoms with E-state index in [0.717, 1.165) is 32.1 Å². The molecule has 0 aliphatic heterocycles. The zero-order valence-electron chi connectivity index (χ0n) is 19.4. The molecule has 1 amide bonds. The molecule has 6 nitrogen and oxygen atoms in total. The summed E-state index contributed by atoms with van der Waals surface area (Å²) in [6.07, 6.45) is 4.23. The van der Waals surface area contributed by atoms with E-state index in [0.29, 0.717) is 40.6 Å². The lowest BCUT2D eigenvalue weighted by atomic mass is 9.49. The average Bonchev–Trinajstić information content (AvgIpc) is 2.81. The number of carbonyl (C=O) groups is 4. The molecule has 4 fully saturated rings. The maximum Gasteiger partial charge on any atom is 0.312 e. The highest BCUT2D eigenvalue weighted by Crippen LogP contribution is 2.64. The molecular formula is C28H26ClNO5. The Bertz CT molecular complexity index is 1290. The lowest BCUT2D eigenvalue weighted by Gasteiger charge is -2.58. The van der Waals surface area contributed by atoms with E-state index in [1.807, 2.05) is 0 Å². The molecule has 0 aromatic heterocycles. The van der Waals surface area contributed by atoms with Crippen LogP contribution in [-0.4, -0.2) is 34.4 Å². The van der Waals surface area contributed by atoms with Crippen molar-refractivity contribution >= 4 is 40.7 Å². The summed E-state index contributed by atoms with van der Waals surface area (Å²) in [6, 6.07) is 11.3. The Kier molecular flexibility index (Phi) is 4.98. The van der Waals surface area contributed by atoms with E-state index in [2.05, 4.69) is 5.32 Å². The number of hydrogen-bond acceptors (Lipinski definition) is 5. The van der Waals surface area contributed by atoms with Gasteiger partial charge in [-0.2, -0.15) is 0 Å². The van der Waals surface area contributed by atoms with Crippen LogP contribution in [0, 0.1) is 17.3 Å². The lowest BCUT2D eigenvalue weighted by Crippen LogP contribution is -2.57. The smallest absolute Gasteiger partial charge is 0.312 e. The summed E-state index contributed by atoms with van der Waals surface area (Å²) < 4.78 is 5.68. The van der Waals surface area contributed by atoms with E-state index in [1.54, 1.807) is 43.3 Å². The number of alkyl halides is 1. The van der Waals surface area contributed by atoms with Gasteiger partial charge in [-0.05, 0) is 75.5 Å². The van der Waals surface area contributed by atoms with Crippen molar-refractivity contribution < 1.29 is 23.9 Å². The maximum atomic E-state index is 13.3. The quantitative estimate of drug-likeness (QED) is 0.413. The van der Waals surface area contributed by atoms with Crippen LogP contribution in [0.15, 0.2) is 42.5 Å².